The van der Waals surface area contributed by atoms with Crippen LogP contribution in [0.25, 0.3) is 0 Å². The number of allylic oxidation sites excluding steroid dienone is 3. The Balaban J connectivity index is 4.40. The van der Waals surface area contributed by atoms with Crippen LogP contribution in [0, 0.1) is 0 Å². The number of carbonyl (C=O) groups is 3. The average Bonchev–Trinajstić information content (AvgIpc) is 3.40. The van der Waals surface area contributed by atoms with Gasteiger partial charge >= 0.3 is 17.9 Å². The van der Waals surface area contributed by atoms with Crippen molar-refractivity contribution in [2.24, 2.45) is 0 Å². The summed E-state index contributed by atoms with van der Waals surface area (Å²) in [5.74, 6) is -0.701. The first-order chi connectivity index (χ1) is 36.7. The summed E-state index contributed by atoms with van der Waals surface area (Å²) in [6.07, 6.45) is 50.3. The second kappa shape index (κ2) is 59.1. The van der Waals surface area contributed by atoms with E-state index < -0.39 is 6.10 Å². The van der Waals surface area contributed by atoms with Crippen LogP contribution in [0.4, 0.5) is 0 Å². The maximum Gasteiger partial charge on any atom is 0.305 e. The summed E-state index contributed by atoms with van der Waals surface area (Å²) in [7, 11) is 0. The van der Waals surface area contributed by atoms with Crippen LogP contribution in [0.1, 0.15) is 271 Å². The third-order valence-corrected chi connectivity index (χ3v) is 13.4. The monoisotopic (exact) mass is 1060 g/mol. The molecule has 0 aromatic rings. The van der Waals surface area contributed by atoms with Crippen molar-refractivity contribution in [3.63, 3.8) is 0 Å². The predicted molar refractivity (Wildman–Crippen MR) is 307 cm³/mol. The smallest absolute Gasteiger partial charge is 0.305 e. The molecule has 0 fully saturated rings. The van der Waals surface area contributed by atoms with E-state index in [9.17, 15) is 29.7 Å². The van der Waals surface area contributed by atoms with Crippen molar-refractivity contribution in [3.8, 4) is 0 Å². The van der Waals surface area contributed by atoms with E-state index >= 15 is 0 Å². The van der Waals surface area contributed by atoms with Gasteiger partial charge in [0, 0.05) is 19.3 Å². The lowest BCUT2D eigenvalue weighted by atomic mass is 10.1. The highest BCUT2D eigenvalue weighted by Crippen LogP contribution is 2.15. The van der Waals surface area contributed by atoms with Gasteiger partial charge in [0.05, 0.1) is 51.3 Å². The summed E-state index contributed by atoms with van der Waals surface area (Å²) in [6, 6.07) is 0. The van der Waals surface area contributed by atoms with E-state index in [0.717, 1.165) is 173 Å². The van der Waals surface area contributed by atoms with E-state index in [1.54, 1.807) is 0 Å². The number of hydrogen-bond donors (Lipinski definition) is 3. The summed E-state index contributed by atoms with van der Waals surface area (Å²) in [5, 5.41) is 30.3. The fourth-order valence-corrected chi connectivity index (χ4v) is 8.66. The Morgan fingerprint density at radius 2 is 0.640 bits per heavy atom. The Labute approximate surface area is 459 Å². The number of carbonyl (C=O) groups excluding carboxylic acids is 3. The normalized spacial score (nSPS) is 13.5. The first-order valence-corrected chi connectivity index (χ1v) is 30.9. The van der Waals surface area contributed by atoms with Gasteiger partial charge in [-0.15, -0.1) is 0 Å². The zero-order valence-corrected chi connectivity index (χ0v) is 48.5. The molecule has 12 heteroatoms. The van der Waals surface area contributed by atoms with Crippen LogP contribution in [0.2, 0.25) is 0 Å². The summed E-state index contributed by atoms with van der Waals surface area (Å²) in [5.41, 5.74) is 0. The fourth-order valence-electron chi connectivity index (χ4n) is 8.66. The lowest BCUT2D eigenvalue weighted by molar-refractivity contribution is -0.150. The van der Waals surface area contributed by atoms with Crippen LogP contribution < -0.4 is 0 Å². The molecule has 0 aromatic heterocycles. The van der Waals surface area contributed by atoms with E-state index in [0.29, 0.717) is 19.3 Å². The molecule has 0 heterocycles. The standard InChI is InChI=1S/C63H116O12/c1-4-7-10-31-40-57(64)43-34-25-19-13-16-22-28-37-46-61(67)73-51-49-70-55-60(72-53-54-75-63(69)48-39-30-24-18-15-21-27-36-45-59(66)42-33-12-9-6-3)56-71-50-52-74-62(68)47-38-29-23-17-14-20-26-35-44-58(65)41-32-11-8-5-2/h25-27,34-36,57-60,64-66H,4-24,28-33,37-56H2,1-3H3/b34-25+,35-26+,36-27+. The molecule has 0 bridgehead atoms. The molecular weight excluding hydrogens is 949 g/mol. The minimum Gasteiger partial charge on any atom is -0.463 e. The highest BCUT2D eigenvalue weighted by atomic mass is 16.6. The molecule has 0 amide bonds. The first-order valence-electron chi connectivity index (χ1n) is 30.9. The minimum absolute atomic E-state index is 0.118. The largest absolute Gasteiger partial charge is 0.463 e. The number of unbranched alkanes of at least 4 members (excludes halogenated alkanes) is 24. The van der Waals surface area contributed by atoms with Crippen LogP contribution in [0.5, 0.6) is 0 Å². The topological polar surface area (TPSA) is 167 Å². The van der Waals surface area contributed by atoms with Gasteiger partial charge in [-0.2, -0.15) is 0 Å². The molecule has 3 unspecified atom stereocenters. The van der Waals surface area contributed by atoms with Crippen LogP contribution in [0.3, 0.4) is 0 Å². The molecule has 0 aliphatic carbocycles. The molecule has 0 aliphatic heterocycles. The van der Waals surface area contributed by atoms with Crippen molar-refractivity contribution in [2.45, 2.75) is 296 Å². The summed E-state index contributed by atoms with van der Waals surface area (Å²) in [6.45, 7) is 7.98. The second-order valence-corrected chi connectivity index (χ2v) is 20.9. The zero-order valence-electron chi connectivity index (χ0n) is 48.5. The van der Waals surface area contributed by atoms with E-state index in [-0.39, 0.29) is 89.1 Å². The maximum absolute atomic E-state index is 12.4. The molecule has 0 aliphatic rings. The van der Waals surface area contributed by atoms with Crippen molar-refractivity contribution in [3.05, 3.63) is 36.5 Å². The van der Waals surface area contributed by atoms with Gasteiger partial charge in [0.25, 0.3) is 0 Å². The van der Waals surface area contributed by atoms with E-state index in [1.165, 1.54) is 57.8 Å². The second-order valence-electron chi connectivity index (χ2n) is 20.9. The van der Waals surface area contributed by atoms with Gasteiger partial charge in [-0.05, 0) is 96.3 Å². The first kappa shape index (κ1) is 72.4. The number of aliphatic hydroxyl groups is 3. The molecule has 3 atom stereocenters. The van der Waals surface area contributed by atoms with E-state index in [4.69, 9.17) is 28.4 Å². The Kier molecular flexibility index (Phi) is 57.0. The van der Waals surface area contributed by atoms with Crippen LogP contribution >= 0.6 is 0 Å². The van der Waals surface area contributed by atoms with E-state index in [2.05, 4.69) is 57.2 Å². The van der Waals surface area contributed by atoms with Gasteiger partial charge in [0.2, 0.25) is 0 Å². The Morgan fingerprint density at radius 1 is 0.347 bits per heavy atom. The van der Waals surface area contributed by atoms with Gasteiger partial charge in [-0.3, -0.25) is 14.4 Å². The molecule has 0 aromatic carbocycles. The third-order valence-electron chi connectivity index (χ3n) is 13.4. The SMILES string of the molecule is CCCCCCC(O)C/C=C/CCCCCCCC(=O)OCCOCC(COCCOC(=O)CCCCCCC/C=C/CC(O)CCCCCC)OCCOC(=O)CCCCCCC/C=C/CC(O)CCCCCC. The highest BCUT2D eigenvalue weighted by molar-refractivity contribution is 5.69. The number of hydrogen-bond acceptors (Lipinski definition) is 12. The van der Waals surface area contributed by atoms with Crippen LogP contribution in [0.15, 0.2) is 36.5 Å². The van der Waals surface area contributed by atoms with Crippen molar-refractivity contribution in [1.29, 1.82) is 0 Å². The van der Waals surface area contributed by atoms with Crippen LogP contribution in [-0.4, -0.2) is 110 Å². The molecule has 75 heavy (non-hydrogen) atoms. The van der Waals surface area contributed by atoms with Gasteiger partial charge in [0.1, 0.15) is 25.9 Å². The Bertz CT molecular complexity index is 1250. The highest BCUT2D eigenvalue weighted by Gasteiger charge is 2.13. The molecular formula is C63H116O12. The molecule has 440 valence electrons. The molecule has 0 saturated heterocycles. The Morgan fingerprint density at radius 3 is 0.973 bits per heavy atom. The quantitative estimate of drug-likeness (QED) is 0.0229. The molecule has 0 spiro atoms. The van der Waals surface area contributed by atoms with Crippen molar-refractivity contribution in [1.82, 2.24) is 0 Å². The zero-order chi connectivity index (χ0) is 54.8. The van der Waals surface area contributed by atoms with Crippen molar-refractivity contribution >= 4 is 17.9 Å². The minimum atomic E-state index is -0.463. The average molecular weight is 1070 g/mol. The summed E-state index contributed by atoms with van der Waals surface area (Å²) in [4.78, 5) is 37.1. The lowest BCUT2D eigenvalue weighted by Crippen LogP contribution is -2.29. The molecule has 0 rings (SSSR count). The Hall–Kier alpha value is -2.61. The molecule has 0 saturated carbocycles. The van der Waals surface area contributed by atoms with Crippen LogP contribution in [-0.2, 0) is 42.8 Å². The van der Waals surface area contributed by atoms with Crippen molar-refractivity contribution < 1.29 is 58.1 Å². The number of rotatable bonds is 59. The third kappa shape index (κ3) is 57.4. The summed E-state index contributed by atoms with van der Waals surface area (Å²) < 4.78 is 33.8. The number of aliphatic hydroxyl groups excluding tert-OH is 3. The van der Waals surface area contributed by atoms with E-state index in [1.807, 2.05) is 0 Å². The van der Waals surface area contributed by atoms with Gasteiger partial charge in [0.15, 0.2) is 0 Å². The van der Waals surface area contributed by atoms with Gasteiger partial charge in [-0.25, -0.2) is 0 Å². The van der Waals surface area contributed by atoms with Gasteiger partial charge < -0.3 is 43.7 Å². The molecule has 3 N–H and O–H groups in total. The predicted octanol–water partition coefficient (Wildman–Crippen LogP) is 15.1. The maximum atomic E-state index is 12.4. The number of esters is 3. The van der Waals surface area contributed by atoms with Gasteiger partial charge in [-0.1, -0.05) is 192 Å². The molecule has 0 radical (unpaired) electrons. The lowest BCUT2D eigenvalue weighted by Gasteiger charge is -2.18. The van der Waals surface area contributed by atoms with Crippen molar-refractivity contribution in [2.75, 3.05) is 52.9 Å². The molecule has 12 nitrogen and oxygen atoms in total. The number of ether oxygens (including phenoxy) is 6. The fraction of sp³-hybridized carbons (Fsp3) is 0.857. The summed E-state index contributed by atoms with van der Waals surface area (Å²) >= 11 is 0.